The highest BCUT2D eigenvalue weighted by molar-refractivity contribution is 5.77. The average Bonchev–Trinajstić information content (AvgIpc) is 2.58. The van der Waals surface area contributed by atoms with E-state index < -0.39 is 6.23 Å². The predicted octanol–water partition coefficient (Wildman–Crippen LogP) is 2.34. The number of aromatic amines is 1. The van der Waals surface area contributed by atoms with Crippen molar-refractivity contribution in [1.82, 2.24) is 9.97 Å². The maximum absolute atomic E-state index is 9.89. The molecule has 86 valence electrons. The van der Waals surface area contributed by atoms with Crippen molar-refractivity contribution in [2.75, 3.05) is 5.32 Å². The van der Waals surface area contributed by atoms with Crippen molar-refractivity contribution in [1.29, 1.82) is 0 Å². The lowest BCUT2D eigenvalue weighted by molar-refractivity contribution is 0.0874. The summed E-state index contributed by atoms with van der Waals surface area (Å²) in [6.07, 6.45) is -0.631. The number of imidazole rings is 1. The molecule has 0 aliphatic carbocycles. The highest BCUT2D eigenvalue weighted by Gasteiger charge is 2.22. The molecule has 0 bridgehead atoms. The summed E-state index contributed by atoms with van der Waals surface area (Å²) < 4.78 is 0. The Hall–Kier alpha value is -1.55. The van der Waals surface area contributed by atoms with Gasteiger partial charge in [-0.2, -0.15) is 0 Å². The standard InChI is InChI=1S/C12H17N3O/c1-12(2,3)10(16)15-11-13-8-6-4-5-7-9(8)14-11/h4-7,10,16H,1-3H3,(H2,13,14,15). The van der Waals surface area contributed by atoms with Crippen LogP contribution in [-0.2, 0) is 0 Å². The van der Waals surface area contributed by atoms with E-state index in [2.05, 4.69) is 15.3 Å². The molecule has 0 saturated carbocycles. The van der Waals surface area contributed by atoms with E-state index >= 15 is 0 Å². The minimum atomic E-state index is -0.631. The van der Waals surface area contributed by atoms with Gasteiger partial charge in [0.2, 0.25) is 5.95 Å². The van der Waals surface area contributed by atoms with Crippen LogP contribution in [0.3, 0.4) is 0 Å². The minimum Gasteiger partial charge on any atom is -0.373 e. The second kappa shape index (κ2) is 3.79. The summed E-state index contributed by atoms with van der Waals surface area (Å²) in [5, 5.41) is 12.9. The van der Waals surface area contributed by atoms with Gasteiger partial charge in [0, 0.05) is 5.41 Å². The van der Waals surface area contributed by atoms with Gasteiger partial charge in [0.25, 0.3) is 0 Å². The number of benzene rings is 1. The number of nitrogens with one attached hydrogen (secondary N) is 2. The van der Waals surface area contributed by atoms with E-state index in [-0.39, 0.29) is 5.41 Å². The SMILES string of the molecule is CC(C)(C)C(O)Nc1nc2ccccc2[nH]1. The maximum Gasteiger partial charge on any atom is 0.203 e. The fraction of sp³-hybridized carbons (Fsp3) is 0.417. The first-order chi connectivity index (χ1) is 7.47. The smallest absolute Gasteiger partial charge is 0.203 e. The Morgan fingerprint density at radius 2 is 2.00 bits per heavy atom. The van der Waals surface area contributed by atoms with Gasteiger partial charge in [-0.05, 0) is 12.1 Å². The molecule has 1 aromatic carbocycles. The molecule has 0 amide bonds. The number of aliphatic hydroxyl groups is 1. The van der Waals surface area contributed by atoms with Crippen molar-refractivity contribution in [3.8, 4) is 0 Å². The number of hydrogen-bond acceptors (Lipinski definition) is 3. The number of rotatable bonds is 2. The molecule has 0 saturated heterocycles. The highest BCUT2D eigenvalue weighted by atomic mass is 16.3. The van der Waals surface area contributed by atoms with Crippen LogP contribution in [0.1, 0.15) is 20.8 Å². The lowest BCUT2D eigenvalue weighted by Crippen LogP contribution is -2.33. The quantitative estimate of drug-likeness (QED) is 0.679. The van der Waals surface area contributed by atoms with Gasteiger partial charge in [-0.1, -0.05) is 32.9 Å². The van der Waals surface area contributed by atoms with Gasteiger partial charge in [-0.3, -0.25) is 0 Å². The zero-order chi connectivity index (χ0) is 11.8. The third kappa shape index (κ3) is 2.17. The van der Waals surface area contributed by atoms with Gasteiger partial charge >= 0.3 is 0 Å². The van der Waals surface area contributed by atoms with Crippen LogP contribution >= 0.6 is 0 Å². The van der Waals surface area contributed by atoms with Gasteiger partial charge in [0.1, 0.15) is 6.23 Å². The zero-order valence-electron chi connectivity index (χ0n) is 9.78. The number of nitrogens with zero attached hydrogens (tertiary/aromatic N) is 1. The first-order valence-electron chi connectivity index (χ1n) is 5.36. The molecule has 16 heavy (non-hydrogen) atoms. The molecule has 1 atom stereocenters. The van der Waals surface area contributed by atoms with E-state index in [1.807, 2.05) is 45.0 Å². The van der Waals surface area contributed by atoms with Crippen molar-refractivity contribution >= 4 is 17.0 Å². The van der Waals surface area contributed by atoms with Gasteiger partial charge in [-0.25, -0.2) is 4.98 Å². The van der Waals surface area contributed by atoms with Crippen molar-refractivity contribution in [2.24, 2.45) is 5.41 Å². The topological polar surface area (TPSA) is 60.9 Å². The van der Waals surface area contributed by atoms with Gasteiger partial charge in [-0.15, -0.1) is 0 Å². The molecule has 1 unspecified atom stereocenters. The third-order valence-corrected chi connectivity index (χ3v) is 2.48. The second-order valence-electron chi connectivity index (χ2n) is 5.02. The van der Waals surface area contributed by atoms with Gasteiger partial charge in [0.05, 0.1) is 11.0 Å². The molecule has 1 aromatic heterocycles. The van der Waals surface area contributed by atoms with Gasteiger partial charge in [0.15, 0.2) is 0 Å². The van der Waals surface area contributed by atoms with Crippen LogP contribution in [0.5, 0.6) is 0 Å². The first kappa shape index (κ1) is 11.0. The van der Waals surface area contributed by atoms with Crippen molar-refractivity contribution in [3.05, 3.63) is 24.3 Å². The van der Waals surface area contributed by atoms with E-state index in [0.29, 0.717) is 5.95 Å². The molecule has 2 aromatic rings. The number of aromatic nitrogens is 2. The number of fused-ring (bicyclic) bond motifs is 1. The Bertz CT molecular complexity index is 451. The van der Waals surface area contributed by atoms with Crippen molar-refractivity contribution < 1.29 is 5.11 Å². The minimum absolute atomic E-state index is 0.223. The Morgan fingerprint density at radius 1 is 1.31 bits per heavy atom. The zero-order valence-corrected chi connectivity index (χ0v) is 9.78. The van der Waals surface area contributed by atoms with Crippen LogP contribution < -0.4 is 5.32 Å². The Kier molecular flexibility index (Phi) is 2.59. The molecule has 0 fully saturated rings. The summed E-state index contributed by atoms with van der Waals surface area (Å²) in [5.41, 5.74) is 1.64. The Balaban J connectivity index is 2.22. The Morgan fingerprint density at radius 3 is 2.62 bits per heavy atom. The molecule has 0 aliphatic rings. The van der Waals surface area contributed by atoms with E-state index in [0.717, 1.165) is 11.0 Å². The first-order valence-corrected chi connectivity index (χ1v) is 5.36. The number of hydrogen-bond donors (Lipinski definition) is 3. The number of aliphatic hydroxyl groups excluding tert-OH is 1. The second-order valence-corrected chi connectivity index (χ2v) is 5.02. The van der Waals surface area contributed by atoms with E-state index in [9.17, 15) is 5.11 Å². The normalized spacial score (nSPS) is 14.0. The van der Waals surface area contributed by atoms with Crippen LogP contribution in [0.25, 0.3) is 11.0 Å². The largest absolute Gasteiger partial charge is 0.373 e. The predicted molar refractivity (Wildman–Crippen MR) is 65.2 cm³/mol. The summed E-state index contributed by atoms with van der Waals surface area (Å²) in [6.45, 7) is 5.90. The lowest BCUT2D eigenvalue weighted by Gasteiger charge is -2.26. The maximum atomic E-state index is 9.89. The van der Waals surface area contributed by atoms with Crippen LogP contribution in [0.4, 0.5) is 5.95 Å². The molecule has 1 heterocycles. The molecule has 0 spiro atoms. The third-order valence-electron chi connectivity index (χ3n) is 2.48. The molecule has 0 aliphatic heterocycles. The van der Waals surface area contributed by atoms with Crippen LogP contribution in [0.2, 0.25) is 0 Å². The molecular formula is C12H17N3O. The summed E-state index contributed by atoms with van der Waals surface area (Å²) in [5.74, 6) is 0.601. The van der Waals surface area contributed by atoms with Crippen molar-refractivity contribution in [3.63, 3.8) is 0 Å². The Labute approximate surface area is 94.7 Å². The number of H-pyrrole nitrogens is 1. The summed E-state index contributed by atoms with van der Waals surface area (Å²) >= 11 is 0. The summed E-state index contributed by atoms with van der Waals surface area (Å²) in [6, 6.07) is 7.77. The molecule has 4 nitrogen and oxygen atoms in total. The average molecular weight is 219 g/mol. The fourth-order valence-corrected chi connectivity index (χ4v) is 1.37. The van der Waals surface area contributed by atoms with Crippen LogP contribution in [0, 0.1) is 5.41 Å². The molecule has 0 radical (unpaired) electrons. The summed E-state index contributed by atoms with van der Waals surface area (Å²) in [7, 11) is 0. The molecular weight excluding hydrogens is 202 g/mol. The highest BCUT2D eigenvalue weighted by Crippen LogP contribution is 2.21. The van der Waals surface area contributed by atoms with Gasteiger partial charge < -0.3 is 15.4 Å². The van der Waals surface area contributed by atoms with Crippen LogP contribution in [-0.4, -0.2) is 21.3 Å². The van der Waals surface area contributed by atoms with E-state index in [1.54, 1.807) is 0 Å². The lowest BCUT2D eigenvalue weighted by atomic mass is 9.94. The molecule has 3 N–H and O–H groups in total. The van der Waals surface area contributed by atoms with Crippen molar-refractivity contribution in [2.45, 2.75) is 27.0 Å². The summed E-state index contributed by atoms with van der Waals surface area (Å²) in [4.78, 5) is 7.46. The fourth-order valence-electron chi connectivity index (χ4n) is 1.37. The number of para-hydroxylation sites is 2. The number of anilines is 1. The molecule has 2 rings (SSSR count). The van der Waals surface area contributed by atoms with E-state index in [1.165, 1.54) is 0 Å². The monoisotopic (exact) mass is 219 g/mol. The van der Waals surface area contributed by atoms with Crippen LogP contribution in [0.15, 0.2) is 24.3 Å². The molecule has 4 heteroatoms. The van der Waals surface area contributed by atoms with E-state index in [4.69, 9.17) is 0 Å².